The van der Waals surface area contributed by atoms with E-state index in [4.69, 9.17) is 10.5 Å². The molecule has 3 heterocycles. The van der Waals surface area contributed by atoms with E-state index in [0.29, 0.717) is 27.6 Å². The molecule has 2 N–H and O–H groups in total. The van der Waals surface area contributed by atoms with E-state index in [-0.39, 0.29) is 5.78 Å². The van der Waals surface area contributed by atoms with Gasteiger partial charge in [-0.05, 0) is 31.9 Å². The van der Waals surface area contributed by atoms with Crippen molar-refractivity contribution in [3.63, 3.8) is 0 Å². The number of esters is 1. The molecular weight excluding hydrogens is 312 g/mol. The Kier molecular flexibility index (Phi) is 3.64. The number of thiophene rings is 1. The summed E-state index contributed by atoms with van der Waals surface area (Å²) in [6.45, 7) is 7.49. The van der Waals surface area contributed by atoms with E-state index in [9.17, 15) is 9.59 Å². The summed E-state index contributed by atoms with van der Waals surface area (Å²) in [4.78, 5) is 24.8. The second-order valence-electron chi connectivity index (χ2n) is 5.59. The van der Waals surface area contributed by atoms with E-state index in [1.165, 1.54) is 18.3 Å². The van der Waals surface area contributed by atoms with Gasteiger partial charge in [0.1, 0.15) is 5.69 Å². The number of nitrogens with zero attached hydrogens (tertiary/aromatic N) is 1. The number of rotatable bonds is 3. The average Bonchev–Trinajstić information content (AvgIpc) is 2.94. The number of nitrogens with two attached hydrogens (primary N) is 1. The zero-order valence-corrected chi connectivity index (χ0v) is 14.3. The summed E-state index contributed by atoms with van der Waals surface area (Å²) in [5.41, 5.74) is 10.0. The first-order valence-electron chi connectivity index (χ1n) is 7.38. The number of pyridine rings is 1. The quantitative estimate of drug-likeness (QED) is 0.586. The summed E-state index contributed by atoms with van der Waals surface area (Å²) >= 11 is 1.26. The largest absolute Gasteiger partial charge is 0.461 e. The predicted molar refractivity (Wildman–Crippen MR) is 92.6 cm³/mol. The molecule has 0 aliphatic rings. The van der Waals surface area contributed by atoms with Crippen LogP contribution >= 0.6 is 11.3 Å². The molecule has 0 saturated carbocycles. The predicted octanol–water partition coefficient (Wildman–Crippen LogP) is 3.73. The second-order valence-corrected chi connectivity index (χ2v) is 6.61. The van der Waals surface area contributed by atoms with Crippen LogP contribution < -0.4 is 5.73 Å². The minimum Gasteiger partial charge on any atom is -0.461 e. The van der Waals surface area contributed by atoms with E-state index >= 15 is 0 Å². The summed E-state index contributed by atoms with van der Waals surface area (Å²) in [6, 6.07) is 2.04. The molecule has 0 amide bonds. The minimum absolute atomic E-state index is 0.0959. The fraction of sp³-hybridized carbons (Fsp3) is 0.294. The molecule has 3 aromatic heterocycles. The topological polar surface area (TPSA) is 73.8 Å². The molecule has 0 saturated heterocycles. The highest BCUT2D eigenvalue weighted by atomic mass is 32.1. The van der Waals surface area contributed by atoms with Crippen molar-refractivity contribution in [3.8, 4) is 0 Å². The van der Waals surface area contributed by atoms with Crippen molar-refractivity contribution in [2.24, 2.45) is 0 Å². The van der Waals surface area contributed by atoms with Gasteiger partial charge in [0.25, 0.3) is 0 Å². The molecule has 0 unspecified atom stereocenters. The van der Waals surface area contributed by atoms with Crippen molar-refractivity contribution < 1.29 is 14.3 Å². The fourth-order valence-electron chi connectivity index (χ4n) is 3.01. The Hall–Kier alpha value is -2.34. The molecule has 0 spiro atoms. The molecule has 23 heavy (non-hydrogen) atoms. The third kappa shape index (κ3) is 2.21. The highest BCUT2D eigenvalue weighted by molar-refractivity contribution is 7.22. The Morgan fingerprint density at radius 3 is 2.65 bits per heavy atom. The lowest BCUT2D eigenvalue weighted by Gasteiger charge is -2.07. The summed E-state index contributed by atoms with van der Waals surface area (Å²) < 4.78 is 7.76. The van der Waals surface area contributed by atoms with Crippen LogP contribution in [0, 0.1) is 13.8 Å². The lowest BCUT2D eigenvalue weighted by Crippen LogP contribution is -2.08. The number of ketones is 1. The molecule has 0 atom stereocenters. The summed E-state index contributed by atoms with van der Waals surface area (Å²) in [5, 5.41) is 0.765. The highest BCUT2D eigenvalue weighted by Crippen LogP contribution is 2.42. The van der Waals surface area contributed by atoms with E-state index < -0.39 is 5.97 Å². The van der Waals surface area contributed by atoms with Crippen LogP contribution in [0.3, 0.4) is 0 Å². The van der Waals surface area contributed by atoms with Crippen molar-refractivity contribution in [1.82, 2.24) is 4.40 Å². The van der Waals surface area contributed by atoms with E-state index in [0.717, 1.165) is 22.0 Å². The molecule has 3 aromatic rings. The van der Waals surface area contributed by atoms with Gasteiger partial charge in [-0.25, -0.2) is 4.79 Å². The van der Waals surface area contributed by atoms with Crippen molar-refractivity contribution in [2.75, 3.05) is 12.3 Å². The molecule has 0 aliphatic heterocycles. The summed E-state index contributed by atoms with van der Waals surface area (Å²) in [7, 11) is 0. The van der Waals surface area contributed by atoms with Gasteiger partial charge >= 0.3 is 5.97 Å². The Morgan fingerprint density at radius 2 is 2.04 bits per heavy atom. The Balaban J connectivity index is 2.52. The lowest BCUT2D eigenvalue weighted by atomic mass is 10.1. The summed E-state index contributed by atoms with van der Waals surface area (Å²) in [5.74, 6) is -0.500. The lowest BCUT2D eigenvalue weighted by molar-refractivity contribution is 0.0521. The molecule has 0 fully saturated rings. The smallest absolute Gasteiger partial charge is 0.356 e. The molecule has 0 aromatic carbocycles. The van der Waals surface area contributed by atoms with Gasteiger partial charge < -0.3 is 14.9 Å². The van der Waals surface area contributed by atoms with Crippen LogP contribution in [0.25, 0.3) is 15.6 Å². The van der Waals surface area contributed by atoms with Crippen LogP contribution in [0.2, 0.25) is 0 Å². The van der Waals surface area contributed by atoms with Crippen molar-refractivity contribution in [2.45, 2.75) is 27.7 Å². The maximum absolute atomic E-state index is 12.5. The maximum Gasteiger partial charge on any atom is 0.356 e. The molecule has 6 heteroatoms. The van der Waals surface area contributed by atoms with Crippen molar-refractivity contribution in [3.05, 3.63) is 34.0 Å². The number of hydrogen-bond acceptors (Lipinski definition) is 5. The Bertz CT molecular complexity index is 966. The number of nitrogen functional groups attached to an aromatic ring is 1. The third-order valence-corrected chi connectivity index (χ3v) is 5.13. The standard InChI is InChI=1S/C17H18N2O3S/c1-5-22-17(21)14-16-11(12(18)15(23-16)10(4)20)13-9(3)6-8(2)7-19(13)14/h6-7H,5,18H2,1-4H3. The Morgan fingerprint density at radius 1 is 1.35 bits per heavy atom. The Labute approximate surface area is 137 Å². The van der Waals surface area contributed by atoms with Crippen LogP contribution in [0.4, 0.5) is 5.69 Å². The molecule has 0 bridgehead atoms. The van der Waals surface area contributed by atoms with Gasteiger partial charge in [0.15, 0.2) is 5.78 Å². The maximum atomic E-state index is 12.5. The molecule has 5 nitrogen and oxygen atoms in total. The SMILES string of the molecule is CCOC(=O)c1c2sc(C(C)=O)c(N)c2c2c(C)cc(C)cn12. The van der Waals surface area contributed by atoms with Gasteiger partial charge in [0.05, 0.1) is 27.4 Å². The summed E-state index contributed by atoms with van der Waals surface area (Å²) in [6.07, 6.45) is 1.90. The zero-order valence-electron chi connectivity index (χ0n) is 13.5. The van der Waals surface area contributed by atoms with Crippen LogP contribution in [-0.2, 0) is 4.74 Å². The number of fused-ring (bicyclic) bond motifs is 3. The van der Waals surface area contributed by atoms with Crippen LogP contribution in [0.1, 0.15) is 45.1 Å². The fourth-order valence-corrected chi connectivity index (χ4v) is 4.15. The molecule has 120 valence electrons. The van der Waals surface area contributed by atoms with Crippen molar-refractivity contribution in [1.29, 1.82) is 0 Å². The number of carbonyl (C=O) groups excluding carboxylic acids is 2. The highest BCUT2D eigenvalue weighted by Gasteiger charge is 2.26. The number of Topliss-reactive ketones (excluding diaryl/α,β-unsaturated/α-hetero) is 1. The zero-order chi connectivity index (χ0) is 16.9. The molecule has 0 aliphatic carbocycles. The van der Waals surface area contributed by atoms with Gasteiger partial charge in [0, 0.05) is 18.5 Å². The number of hydrogen-bond donors (Lipinski definition) is 1. The third-order valence-electron chi connectivity index (χ3n) is 3.82. The van der Waals surface area contributed by atoms with Gasteiger partial charge in [-0.15, -0.1) is 11.3 Å². The number of carbonyl (C=O) groups is 2. The minimum atomic E-state index is -0.404. The molecule has 0 radical (unpaired) electrons. The monoisotopic (exact) mass is 330 g/mol. The van der Waals surface area contributed by atoms with Crippen LogP contribution in [-0.4, -0.2) is 22.8 Å². The van der Waals surface area contributed by atoms with Gasteiger partial charge in [-0.3, -0.25) is 4.79 Å². The van der Waals surface area contributed by atoms with E-state index in [1.807, 2.05) is 30.5 Å². The van der Waals surface area contributed by atoms with Gasteiger partial charge in [-0.1, -0.05) is 6.07 Å². The van der Waals surface area contributed by atoms with E-state index in [2.05, 4.69) is 0 Å². The second kappa shape index (κ2) is 5.38. The van der Waals surface area contributed by atoms with Gasteiger partial charge in [0.2, 0.25) is 0 Å². The number of anilines is 1. The van der Waals surface area contributed by atoms with Crippen molar-refractivity contribution >= 4 is 44.4 Å². The normalized spacial score (nSPS) is 11.3. The first kappa shape index (κ1) is 15.6. The van der Waals surface area contributed by atoms with Crippen LogP contribution in [0.5, 0.6) is 0 Å². The first-order chi connectivity index (χ1) is 10.9. The van der Waals surface area contributed by atoms with Crippen LogP contribution in [0.15, 0.2) is 12.3 Å². The van der Waals surface area contributed by atoms with Gasteiger partial charge in [-0.2, -0.15) is 0 Å². The number of ether oxygens (including phenoxy) is 1. The first-order valence-corrected chi connectivity index (χ1v) is 8.19. The number of aryl methyl sites for hydroxylation is 2. The molecular formula is C17H18N2O3S. The number of aromatic nitrogens is 1. The van der Waals surface area contributed by atoms with E-state index in [1.54, 1.807) is 6.92 Å². The average molecular weight is 330 g/mol. The molecule has 3 rings (SSSR count).